The molecule has 0 fully saturated rings. The van der Waals surface area contributed by atoms with Crippen LogP contribution in [0.25, 0.3) is 109 Å². The maximum Gasteiger partial charge on any atom is 0.136 e. The molecule has 0 saturated heterocycles. The molecule has 11 aromatic rings. The third kappa shape index (κ3) is 4.16. The molecule has 0 aliphatic rings. The second-order valence-corrected chi connectivity index (χ2v) is 13.2. The Balaban J connectivity index is 1.27. The largest absolute Gasteiger partial charge is 0.456 e. The summed E-state index contributed by atoms with van der Waals surface area (Å²) in [6.07, 6.45) is 0. The van der Waals surface area contributed by atoms with Crippen LogP contribution in [0.5, 0.6) is 0 Å². The van der Waals surface area contributed by atoms with Gasteiger partial charge in [-0.05, 0) is 105 Å². The first-order chi connectivity index (χ1) is 27.4. The summed E-state index contributed by atoms with van der Waals surface area (Å²) in [6.45, 7) is 0. The molecule has 10 aromatic carbocycles. The van der Waals surface area contributed by atoms with Crippen LogP contribution in [0.3, 0.4) is 0 Å². The first-order valence-electron chi connectivity index (χ1n) is 19.7. The molecule has 0 unspecified atom stereocenters. The molecule has 0 atom stereocenters. The zero-order valence-corrected chi connectivity index (χ0v) is 27.3. The van der Waals surface area contributed by atoms with E-state index in [1.165, 1.54) is 0 Å². The van der Waals surface area contributed by atoms with Crippen molar-refractivity contribution in [3.8, 4) is 33.4 Å². The smallest absolute Gasteiger partial charge is 0.136 e. The molecule has 1 aromatic heterocycles. The quantitative estimate of drug-likeness (QED) is 0.137. The molecule has 1 heteroatoms. The van der Waals surface area contributed by atoms with E-state index in [9.17, 15) is 0 Å². The topological polar surface area (TPSA) is 13.1 Å². The van der Waals surface area contributed by atoms with Crippen molar-refractivity contribution >= 4 is 75.8 Å². The summed E-state index contributed by atoms with van der Waals surface area (Å²) >= 11 is 0. The normalized spacial score (nSPS) is 13.3. The highest BCUT2D eigenvalue weighted by Crippen LogP contribution is 2.49. The van der Waals surface area contributed by atoms with Crippen molar-refractivity contribution in [1.29, 1.82) is 0 Å². The summed E-state index contributed by atoms with van der Waals surface area (Å²) in [5.41, 5.74) is 6.80. The summed E-state index contributed by atoms with van der Waals surface area (Å²) in [4.78, 5) is 0. The van der Waals surface area contributed by atoms with E-state index < -0.39 is 6.04 Å². The first-order valence-corrected chi connectivity index (χ1v) is 17.2. The van der Waals surface area contributed by atoms with Gasteiger partial charge < -0.3 is 4.42 Å². The molecule has 0 amide bonds. The molecule has 0 bridgehead atoms. The lowest BCUT2D eigenvalue weighted by Gasteiger charge is -2.20. The highest BCUT2D eigenvalue weighted by atomic mass is 16.3. The van der Waals surface area contributed by atoms with E-state index in [2.05, 4.69) is 133 Å². The lowest BCUT2D eigenvalue weighted by atomic mass is 9.82. The Hall–Kier alpha value is -6.70. The van der Waals surface area contributed by atoms with Crippen LogP contribution in [0.1, 0.15) is 6.85 Å². The average molecular weight is 652 g/mol. The number of furan rings is 1. The van der Waals surface area contributed by atoms with E-state index in [-0.39, 0.29) is 29.7 Å². The minimum Gasteiger partial charge on any atom is -0.456 e. The molecular weight excluding hydrogens is 617 g/mol. The molecule has 1 heterocycles. The Morgan fingerprint density at radius 3 is 1.65 bits per heavy atom. The number of hydrogen-bond acceptors (Lipinski definition) is 1. The van der Waals surface area contributed by atoms with E-state index in [0.29, 0.717) is 5.56 Å². The third-order valence-corrected chi connectivity index (χ3v) is 10.5. The van der Waals surface area contributed by atoms with Crippen LogP contribution in [-0.4, -0.2) is 0 Å². The van der Waals surface area contributed by atoms with E-state index >= 15 is 0 Å². The van der Waals surface area contributed by atoms with Crippen LogP contribution in [-0.2, 0) is 0 Å². The fourth-order valence-electron chi connectivity index (χ4n) is 8.37. The summed E-state index contributed by atoms with van der Waals surface area (Å²) in [5, 5.41) is 12.6. The Kier molecular flexibility index (Phi) is 5.05. The van der Waals surface area contributed by atoms with Crippen LogP contribution < -0.4 is 0 Å². The fourth-order valence-corrected chi connectivity index (χ4v) is 8.37. The Morgan fingerprint density at radius 2 is 0.941 bits per heavy atom. The Bertz CT molecular complexity index is 3400. The zero-order valence-electron chi connectivity index (χ0n) is 32.3. The fraction of sp³-hybridized carbons (Fsp3) is 0. The molecule has 0 spiro atoms. The molecule has 11 rings (SSSR count). The third-order valence-electron chi connectivity index (χ3n) is 10.5. The lowest BCUT2D eigenvalue weighted by molar-refractivity contribution is 0.669. The zero-order chi connectivity index (χ0) is 37.8. The number of rotatable bonds is 3. The van der Waals surface area contributed by atoms with Gasteiger partial charge in [0.25, 0.3) is 0 Å². The molecule has 0 saturated carbocycles. The van der Waals surface area contributed by atoms with E-state index in [1.807, 2.05) is 18.2 Å². The van der Waals surface area contributed by atoms with Crippen molar-refractivity contribution in [2.45, 2.75) is 0 Å². The van der Waals surface area contributed by atoms with Gasteiger partial charge in [-0.25, -0.2) is 0 Å². The van der Waals surface area contributed by atoms with Crippen molar-refractivity contribution in [2.75, 3.05) is 0 Å². The lowest BCUT2D eigenvalue weighted by Crippen LogP contribution is -1.93. The van der Waals surface area contributed by atoms with Gasteiger partial charge in [-0.1, -0.05) is 164 Å². The molecule has 0 radical (unpaired) electrons. The van der Waals surface area contributed by atoms with Crippen molar-refractivity contribution in [2.24, 2.45) is 0 Å². The van der Waals surface area contributed by atoms with Crippen molar-refractivity contribution < 1.29 is 11.3 Å². The monoisotopic (exact) mass is 651 g/mol. The van der Waals surface area contributed by atoms with Crippen LogP contribution in [0.4, 0.5) is 0 Å². The van der Waals surface area contributed by atoms with Gasteiger partial charge in [0, 0.05) is 10.8 Å². The van der Waals surface area contributed by atoms with E-state index in [0.717, 1.165) is 98.1 Å². The van der Waals surface area contributed by atoms with Crippen LogP contribution >= 0.6 is 0 Å². The Labute approximate surface area is 301 Å². The summed E-state index contributed by atoms with van der Waals surface area (Å²) in [7, 11) is 0. The highest BCUT2D eigenvalue weighted by Gasteiger charge is 2.22. The number of fused-ring (bicyclic) bond motifs is 9. The maximum atomic E-state index is 8.95. The van der Waals surface area contributed by atoms with Crippen molar-refractivity contribution in [3.05, 3.63) is 182 Å². The van der Waals surface area contributed by atoms with Crippen LogP contribution in [0.15, 0.2) is 186 Å². The first kappa shape index (κ1) is 23.6. The van der Waals surface area contributed by atoms with Gasteiger partial charge in [-0.15, -0.1) is 0 Å². The van der Waals surface area contributed by atoms with Gasteiger partial charge in [-0.2, -0.15) is 0 Å². The average Bonchev–Trinajstić information content (AvgIpc) is 3.61. The second kappa shape index (κ2) is 10.9. The minimum absolute atomic E-state index is 0.196. The second-order valence-electron chi connectivity index (χ2n) is 13.2. The van der Waals surface area contributed by atoms with Gasteiger partial charge in [0.2, 0.25) is 0 Å². The van der Waals surface area contributed by atoms with Gasteiger partial charge in [-0.3, -0.25) is 0 Å². The predicted molar refractivity (Wildman–Crippen MR) is 218 cm³/mol. The summed E-state index contributed by atoms with van der Waals surface area (Å²) in [5.74, 6) is 0. The minimum atomic E-state index is -0.403. The molecule has 1 nitrogen and oxygen atoms in total. The highest BCUT2D eigenvalue weighted by molar-refractivity contribution is 6.29. The number of benzene rings is 10. The standard InChI is InChI=1S/C50H30O/c1-2-13-31(14-3-1)36-27-28-42(41-26-25-32-15-6-7-18-35(32)47(36)41)48-37-19-8-10-21-39(37)49(40-22-11-9-20-38(40)48)43-23-12-24-45-50(43)44-29-33-16-4-5-17-34(33)30-46(44)51-45/h1-30H/i1D,2D,3D,13D,14D. The van der Waals surface area contributed by atoms with Gasteiger partial charge in [0.05, 0.1) is 6.85 Å². The van der Waals surface area contributed by atoms with Gasteiger partial charge >= 0.3 is 0 Å². The summed E-state index contributed by atoms with van der Waals surface area (Å²) < 4.78 is 49.8. The SMILES string of the molecule is [2H]c1c([2H])c([2H])c(-c2ccc(-c3c4ccccc4c(-c4cccc5oc6cc7ccccc7cc6c45)c4ccccc34)c3ccc4ccccc4c23)c([2H])c1[2H]. The molecule has 51 heavy (non-hydrogen) atoms. The van der Waals surface area contributed by atoms with Crippen LogP contribution in [0.2, 0.25) is 0 Å². The van der Waals surface area contributed by atoms with E-state index in [4.69, 9.17) is 11.3 Å². The maximum absolute atomic E-state index is 8.95. The summed E-state index contributed by atoms with van der Waals surface area (Å²) in [6, 6.07) is 51.0. The van der Waals surface area contributed by atoms with Gasteiger partial charge in [0.15, 0.2) is 0 Å². The van der Waals surface area contributed by atoms with Gasteiger partial charge in [0.1, 0.15) is 11.2 Å². The molecule has 0 aliphatic carbocycles. The molecule has 236 valence electrons. The van der Waals surface area contributed by atoms with Crippen molar-refractivity contribution in [1.82, 2.24) is 0 Å². The Morgan fingerprint density at radius 1 is 0.353 bits per heavy atom. The van der Waals surface area contributed by atoms with E-state index in [1.54, 1.807) is 0 Å². The predicted octanol–water partition coefficient (Wildman–Crippen LogP) is 14.4. The molecule has 0 aliphatic heterocycles. The number of hydrogen-bond donors (Lipinski definition) is 0. The van der Waals surface area contributed by atoms with Crippen molar-refractivity contribution in [3.63, 3.8) is 0 Å². The molecular formula is C50H30O. The van der Waals surface area contributed by atoms with Crippen LogP contribution in [0, 0.1) is 0 Å². The molecule has 0 N–H and O–H groups in total.